The van der Waals surface area contributed by atoms with Crippen molar-refractivity contribution in [3.8, 4) is 11.5 Å². The van der Waals surface area contributed by atoms with Crippen molar-refractivity contribution in [1.29, 1.82) is 0 Å². The second-order valence-electron chi connectivity index (χ2n) is 5.16. The van der Waals surface area contributed by atoms with Gasteiger partial charge in [0, 0.05) is 31.9 Å². The zero-order valence-corrected chi connectivity index (χ0v) is 13.8. The number of nitrogens with zero attached hydrogens (tertiary/aromatic N) is 1. The van der Waals surface area contributed by atoms with E-state index in [1.54, 1.807) is 19.5 Å². The molecule has 2 rings (SSSR count). The molecule has 6 heteroatoms. The average Bonchev–Trinajstić information content (AvgIpc) is 2.64. The molecule has 128 valence electrons. The first-order valence-electron chi connectivity index (χ1n) is 7.91. The van der Waals surface area contributed by atoms with E-state index in [1.807, 2.05) is 36.4 Å². The number of hydrogen-bond acceptors (Lipinski definition) is 5. The molecule has 0 aliphatic heterocycles. The fourth-order valence-electron chi connectivity index (χ4n) is 2.05. The van der Waals surface area contributed by atoms with Crippen molar-refractivity contribution in [3.63, 3.8) is 0 Å². The summed E-state index contributed by atoms with van der Waals surface area (Å²) in [6, 6.07) is 11.2. The third-order valence-corrected chi connectivity index (χ3v) is 3.36. The van der Waals surface area contributed by atoms with Crippen molar-refractivity contribution >= 4 is 5.91 Å². The molecule has 0 saturated carbocycles. The molecule has 0 unspecified atom stereocenters. The lowest BCUT2D eigenvalue weighted by Crippen LogP contribution is -2.30. The van der Waals surface area contributed by atoms with Gasteiger partial charge < -0.3 is 20.1 Å². The summed E-state index contributed by atoms with van der Waals surface area (Å²) in [6.07, 6.45) is 3.95. The van der Waals surface area contributed by atoms with Crippen molar-refractivity contribution in [2.24, 2.45) is 0 Å². The van der Waals surface area contributed by atoms with Gasteiger partial charge in [-0.1, -0.05) is 0 Å². The Bertz CT molecular complexity index is 603. The van der Waals surface area contributed by atoms with E-state index >= 15 is 0 Å². The molecule has 0 saturated heterocycles. The van der Waals surface area contributed by atoms with E-state index in [0.29, 0.717) is 26.1 Å². The Morgan fingerprint density at radius 3 is 2.46 bits per heavy atom. The topological polar surface area (TPSA) is 72.5 Å². The minimum atomic E-state index is 0.00978. The van der Waals surface area contributed by atoms with E-state index < -0.39 is 0 Å². The van der Waals surface area contributed by atoms with Crippen molar-refractivity contribution < 1.29 is 14.3 Å². The standard InChI is InChI=1S/C18H23N3O3/c1-23-16-2-4-17(5-3-16)24-13-12-21-18(22)8-11-20-14-15-6-9-19-10-7-15/h2-7,9-10,20H,8,11-14H2,1H3,(H,21,22). The third kappa shape index (κ3) is 6.66. The third-order valence-electron chi connectivity index (χ3n) is 3.36. The predicted molar refractivity (Wildman–Crippen MR) is 92.1 cm³/mol. The number of benzene rings is 1. The number of methoxy groups -OCH3 is 1. The lowest BCUT2D eigenvalue weighted by atomic mass is 10.2. The Morgan fingerprint density at radius 1 is 1.04 bits per heavy atom. The van der Waals surface area contributed by atoms with E-state index in [2.05, 4.69) is 15.6 Å². The van der Waals surface area contributed by atoms with Crippen molar-refractivity contribution in [2.45, 2.75) is 13.0 Å². The molecule has 24 heavy (non-hydrogen) atoms. The quantitative estimate of drug-likeness (QED) is 0.650. The van der Waals surface area contributed by atoms with E-state index in [-0.39, 0.29) is 5.91 Å². The second-order valence-corrected chi connectivity index (χ2v) is 5.16. The zero-order chi connectivity index (χ0) is 17.0. The van der Waals surface area contributed by atoms with Crippen LogP contribution in [0.3, 0.4) is 0 Å². The number of carbonyl (C=O) groups excluding carboxylic acids is 1. The summed E-state index contributed by atoms with van der Waals surface area (Å²) < 4.78 is 10.6. The Labute approximate surface area is 142 Å². The van der Waals surface area contributed by atoms with Crippen LogP contribution in [0.2, 0.25) is 0 Å². The first-order chi connectivity index (χ1) is 11.8. The lowest BCUT2D eigenvalue weighted by Gasteiger charge is -2.09. The largest absolute Gasteiger partial charge is 0.497 e. The van der Waals surface area contributed by atoms with E-state index in [0.717, 1.165) is 23.6 Å². The van der Waals surface area contributed by atoms with Gasteiger partial charge in [0.05, 0.1) is 13.7 Å². The summed E-state index contributed by atoms with van der Waals surface area (Å²) in [4.78, 5) is 15.7. The van der Waals surface area contributed by atoms with Gasteiger partial charge in [0.2, 0.25) is 5.91 Å². The molecule has 0 aliphatic carbocycles. The fraction of sp³-hybridized carbons (Fsp3) is 0.333. The van der Waals surface area contributed by atoms with Gasteiger partial charge in [-0.05, 0) is 42.0 Å². The summed E-state index contributed by atoms with van der Waals surface area (Å²) in [5.74, 6) is 1.55. The Kier molecular flexibility index (Phi) is 7.56. The lowest BCUT2D eigenvalue weighted by molar-refractivity contribution is -0.121. The van der Waals surface area contributed by atoms with Crippen LogP contribution in [0.5, 0.6) is 11.5 Å². The molecule has 2 aromatic rings. The molecule has 0 atom stereocenters. The molecule has 1 heterocycles. The monoisotopic (exact) mass is 329 g/mol. The Hall–Kier alpha value is -2.60. The van der Waals surface area contributed by atoms with Gasteiger partial charge in [-0.25, -0.2) is 0 Å². The fourth-order valence-corrected chi connectivity index (χ4v) is 2.05. The highest BCUT2D eigenvalue weighted by molar-refractivity contribution is 5.76. The van der Waals surface area contributed by atoms with Crippen molar-refractivity contribution in [1.82, 2.24) is 15.6 Å². The molecular formula is C18H23N3O3. The summed E-state index contributed by atoms with van der Waals surface area (Å²) in [5.41, 5.74) is 1.15. The predicted octanol–water partition coefficient (Wildman–Crippen LogP) is 1.77. The van der Waals surface area contributed by atoms with Crippen LogP contribution in [0, 0.1) is 0 Å². The van der Waals surface area contributed by atoms with Gasteiger partial charge in [-0.3, -0.25) is 9.78 Å². The van der Waals surface area contributed by atoms with Gasteiger partial charge in [0.1, 0.15) is 18.1 Å². The number of rotatable bonds is 10. The molecule has 1 aromatic heterocycles. The van der Waals surface area contributed by atoms with E-state index in [1.165, 1.54) is 0 Å². The van der Waals surface area contributed by atoms with Crippen LogP contribution in [-0.2, 0) is 11.3 Å². The molecule has 1 amide bonds. The number of aromatic nitrogens is 1. The highest BCUT2D eigenvalue weighted by Gasteiger charge is 2.01. The summed E-state index contributed by atoms with van der Waals surface area (Å²) in [7, 11) is 1.62. The number of ether oxygens (including phenoxy) is 2. The van der Waals surface area contributed by atoms with Crippen LogP contribution < -0.4 is 20.1 Å². The number of carbonyl (C=O) groups is 1. The SMILES string of the molecule is COc1ccc(OCCNC(=O)CCNCc2ccncc2)cc1. The smallest absolute Gasteiger partial charge is 0.221 e. The van der Waals surface area contributed by atoms with Crippen LogP contribution in [0.15, 0.2) is 48.8 Å². The maximum absolute atomic E-state index is 11.7. The summed E-state index contributed by atoms with van der Waals surface area (Å²) in [5, 5.41) is 6.06. The maximum atomic E-state index is 11.7. The second kappa shape index (κ2) is 10.2. The van der Waals surface area contributed by atoms with Crippen LogP contribution >= 0.6 is 0 Å². The van der Waals surface area contributed by atoms with Gasteiger partial charge >= 0.3 is 0 Å². The molecule has 0 bridgehead atoms. The molecule has 0 spiro atoms. The number of amides is 1. The average molecular weight is 329 g/mol. The van der Waals surface area contributed by atoms with E-state index in [9.17, 15) is 4.79 Å². The van der Waals surface area contributed by atoms with Gasteiger partial charge in [-0.2, -0.15) is 0 Å². The first-order valence-corrected chi connectivity index (χ1v) is 7.91. The number of nitrogens with one attached hydrogen (secondary N) is 2. The highest BCUT2D eigenvalue weighted by Crippen LogP contribution is 2.16. The first kappa shape index (κ1) is 17.7. The molecular weight excluding hydrogens is 306 g/mol. The maximum Gasteiger partial charge on any atom is 0.221 e. The van der Waals surface area contributed by atoms with Gasteiger partial charge in [0.25, 0.3) is 0 Å². The van der Waals surface area contributed by atoms with Crippen molar-refractivity contribution in [2.75, 3.05) is 26.8 Å². The molecule has 0 fully saturated rings. The van der Waals surface area contributed by atoms with Gasteiger partial charge in [-0.15, -0.1) is 0 Å². The summed E-state index contributed by atoms with van der Waals surface area (Å²) >= 11 is 0. The molecule has 6 nitrogen and oxygen atoms in total. The summed E-state index contributed by atoms with van der Waals surface area (Å²) in [6.45, 7) is 2.28. The van der Waals surface area contributed by atoms with Crippen LogP contribution in [0.25, 0.3) is 0 Å². The van der Waals surface area contributed by atoms with Crippen LogP contribution in [0.4, 0.5) is 0 Å². The molecule has 0 radical (unpaired) electrons. The van der Waals surface area contributed by atoms with Crippen LogP contribution in [-0.4, -0.2) is 37.7 Å². The Morgan fingerprint density at radius 2 is 1.75 bits per heavy atom. The Balaban J connectivity index is 1.51. The number of pyridine rings is 1. The minimum absolute atomic E-state index is 0.00978. The van der Waals surface area contributed by atoms with Gasteiger partial charge in [0.15, 0.2) is 0 Å². The van der Waals surface area contributed by atoms with Crippen molar-refractivity contribution in [3.05, 3.63) is 54.4 Å². The molecule has 0 aliphatic rings. The highest BCUT2D eigenvalue weighted by atomic mass is 16.5. The minimum Gasteiger partial charge on any atom is -0.497 e. The normalized spacial score (nSPS) is 10.2. The molecule has 2 N–H and O–H groups in total. The molecule has 1 aromatic carbocycles. The van der Waals surface area contributed by atoms with Crippen LogP contribution in [0.1, 0.15) is 12.0 Å². The zero-order valence-electron chi connectivity index (χ0n) is 13.8. The van der Waals surface area contributed by atoms with E-state index in [4.69, 9.17) is 9.47 Å². The number of hydrogen-bond donors (Lipinski definition) is 2.